The van der Waals surface area contributed by atoms with Gasteiger partial charge in [0, 0.05) is 11.3 Å². The van der Waals surface area contributed by atoms with E-state index in [0.717, 1.165) is 24.1 Å². The molecule has 100 valence electrons. The van der Waals surface area contributed by atoms with Crippen LogP contribution in [0.3, 0.4) is 0 Å². The molecule has 2 rings (SSSR count). The Morgan fingerprint density at radius 3 is 2.79 bits per heavy atom. The van der Waals surface area contributed by atoms with E-state index in [1.54, 1.807) is 11.3 Å². The predicted octanol–water partition coefficient (Wildman–Crippen LogP) is 3.52. The smallest absolute Gasteiger partial charge is 0.238 e. The third-order valence-corrected chi connectivity index (χ3v) is 3.82. The molecular formula is C15H18N2OS. The molecule has 0 atom stereocenters. The summed E-state index contributed by atoms with van der Waals surface area (Å²) in [6, 6.07) is 12.0. The van der Waals surface area contributed by atoms with Crippen LogP contribution >= 0.6 is 11.3 Å². The molecular weight excluding hydrogens is 256 g/mol. The van der Waals surface area contributed by atoms with E-state index in [-0.39, 0.29) is 5.91 Å². The number of para-hydroxylation sites is 1. The van der Waals surface area contributed by atoms with Gasteiger partial charge in [-0.1, -0.05) is 24.3 Å². The fourth-order valence-electron chi connectivity index (χ4n) is 1.79. The number of hydrogen-bond acceptors (Lipinski definition) is 3. The number of aryl methyl sites for hydroxylation is 2. The lowest BCUT2D eigenvalue weighted by molar-refractivity contribution is -0.120. The normalized spacial score (nSPS) is 10.2. The van der Waals surface area contributed by atoms with Crippen LogP contribution in [0.15, 0.2) is 41.8 Å². The van der Waals surface area contributed by atoms with Gasteiger partial charge in [-0.2, -0.15) is 0 Å². The molecule has 0 spiro atoms. The Balaban J connectivity index is 1.69. The minimum absolute atomic E-state index is 0.0276. The molecule has 1 heterocycles. The van der Waals surface area contributed by atoms with Crippen LogP contribution < -0.4 is 10.9 Å². The maximum Gasteiger partial charge on any atom is 0.238 e. The molecule has 0 aliphatic carbocycles. The van der Waals surface area contributed by atoms with E-state index in [1.807, 2.05) is 37.3 Å². The molecule has 0 saturated heterocycles. The predicted molar refractivity (Wildman–Crippen MR) is 80.2 cm³/mol. The molecule has 0 saturated carbocycles. The van der Waals surface area contributed by atoms with Crippen molar-refractivity contribution in [3.8, 4) is 0 Å². The number of nitrogens with one attached hydrogen (secondary N) is 2. The summed E-state index contributed by atoms with van der Waals surface area (Å²) >= 11 is 1.74. The number of amides is 1. The van der Waals surface area contributed by atoms with Crippen molar-refractivity contribution in [1.82, 2.24) is 5.43 Å². The Bertz CT molecular complexity index is 523. The van der Waals surface area contributed by atoms with Crippen molar-refractivity contribution in [2.45, 2.75) is 26.2 Å². The highest BCUT2D eigenvalue weighted by Gasteiger charge is 2.02. The van der Waals surface area contributed by atoms with E-state index in [1.165, 1.54) is 4.88 Å². The second-order valence-electron chi connectivity index (χ2n) is 4.42. The van der Waals surface area contributed by atoms with Crippen LogP contribution in [0.2, 0.25) is 0 Å². The fraction of sp³-hybridized carbons (Fsp3) is 0.267. The molecule has 1 amide bonds. The van der Waals surface area contributed by atoms with Crippen molar-refractivity contribution in [1.29, 1.82) is 0 Å². The minimum Gasteiger partial charge on any atom is -0.298 e. The summed E-state index contributed by atoms with van der Waals surface area (Å²) < 4.78 is 0. The molecule has 1 aromatic heterocycles. The van der Waals surface area contributed by atoms with Gasteiger partial charge in [0.1, 0.15) is 0 Å². The largest absolute Gasteiger partial charge is 0.298 e. The number of carbonyl (C=O) groups excluding carboxylic acids is 1. The lowest BCUT2D eigenvalue weighted by atomic mass is 10.2. The number of hydrazine groups is 1. The van der Waals surface area contributed by atoms with E-state index >= 15 is 0 Å². The lowest BCUT2D eigenvalue weighted by Crippen LogP contribution is -2.29. The summed E-state index contributed by atoms with van der Waals surface area (Å²) in [4.78, 5) is 13.0. The molecule has 0 bridgehead atoms. The lowest BCUT2D eigenvalue weighted by Gasteiger charge is -2.10. The van der Waals surface area contributed by atoms with Crippen LogP contribution in [0.1, 0.15) is 23.3 Å². The van der Waals surface area contributed by atoms with Crippen molar-refractivity contribution in [2.24, 2.45) is 0 Å². The number of rotatable bonds is 6. The van der Waals surface area contributed by atoms with Crippen LogP contribution in [0.5, 0.6) is 0 Å². The maximum absolute atomic E-state index is 11.7. The molecule has 4 heteroatoms. The van der Waals surface area contributed by atoms with Crippen LogP contribution in [0.4, 0.5) is 5.69 Å². The van der Waals surface area contributed by atoms with Gasteiger partial charge in [-0.15, -0.1) is 11.3 Å². The molecule has 0 aliphatic rings. The number of carbonyl (C=O) groups is 1. The van der Waals surface area contributed by atoms with Crippen molar-refractivity contribution in [2.75, 3.05) is 5.43 Å². The first-order chi connectivity index (χ1) is 9.25. The van der Waals surface area contributed by atoms with Crippen molar-refractivity contribution in [3.63, 3.8) is 0 Å². The van der Waals surface area contributed by atoms with Gasteiger partial charge in [0.25, 0.3) is 0 Å². The number of hydrogen-bond donors (Lipinski definition) is 2. The summed E-state index contributed by atoms with van der Waals surface area (Å²) in [5.41, 5.74) is 7.75. The molecule has 0 aliphatic heterocycles. The van der Waals surface area contributed by atoms with E-state index in [9.17, 15) is 4.79 Å². The van der Waals surface area contributed by atoms with Crippen molar-refractivity contribution in [3.05, 3.63) is 52.2 Å². The number of benzene rings is 1. The van der Waals surface area contributed by atoms with Crippen LogP contribution in [0.25, 0.3) is 0 Å². The summed E-state index contributed by atoms with van der Waals surface area (Å²) in [6.07, 6.45) is 2.38. The zero-order valence-electron chi connectivity index (χ0n) is 11.0. The quantitative estimate of drug-likeness (QED) is 0.791. The zero-order chi connectivity index (χ0) is 13.5. The summed E-state index contributed by atoms with van der Waals surface area (Å²) in [7, 11) is 0. The first-order valence-corrected chi connectivity index (χ1v) is 7.26. The average molecular weight is 274 g/mol. The second kappa shape index (κ2) is 6.95. The van der Waals surface area contributed by atoms with E-state index in [2.05, 4.69) is 22.3 Å². The summed E-state index contributed by atoms with van der Waals surface area (Å²) in [5.74, 6) is 0.0276. The first kappa shape index (κ1) is 13.6. The average Bonchev–Trinajstić information content (AvgIpc) is 2.91. The fourth-order valence-corrected chi connectivity index (χ4v) is 2.54. The molecule has 0 radical (unpaired) electrons. The third-order valence-electron chi connectivity index (χ3n) is 2.89. The van der Waals surface area contributed by atoms with Crippen LogP contribution in [-0.2, 0) is 11.2 Å². The minimum atomic E-state index is 0.0276. The van der Waals surface area contributed by atoms with E-state index < -0.39 is 0 Å². The Labute approximate surface area is 117 Å². The highest BCUT2D eigenvalue weighted by atomic mass is 32.1. The van der Waals surface area contributed by atoms with Crippen LogP contribution in [-0.4, -0.2) is 5.91 Å². The Hall–Kier alpha value is -1.81. The van der Waals surface area contributed by atoms with E-state index in [0.29, 0.717) is 6.42 Å². The van der Waals surface area contributed by atoms with E-state index in [4.69, 9.17) is 0 Å². The van der Waals surface area contributed by atoms with Gasteiger partial charge in [-0.05, 0) is 42.8 Å². The van der Waals surface area contributed by atoms with Gasteiger partial charge in [-0.25, -0.2) is 0 Å². The maximum atomic E-state index is 11.7. The molecule has 1 aromatic carbocycles. The van der Waals surface area contributed by atoms with Gasteiger partial charge < -0.3 is 0 Å². The Morgan fingerprint density at radius 2 is 2.05 bits per heavy atom. The molecule has 2 aromatic rings. The van der Waals surface area contributed by atoms with Gasteiger partial charge in [0.05, 0.1) is 5.69 Å². The topological polar surface area (TPSA) is 41.1 Å². The zero-order valence-corrected chi connectivity index (χ0v) is 11.8. The van der Waals surface area contributed by atoms with Gasteiger partial charge in [0.15, 0.2) is 0 Å². The van der Waals surface area contributed by atoms with Gasteiger partial charge >= 0.3 is 0 Å². The summed E-state index contributed by atoms with van der Waals surface area (Å²) in [6.45, 7) is 2.01. The van der Waals surface area contributed by atoms with Crippen molar-refractivity contribution < 1.29 is 4.79 Å². The summed E-state index contributed by atoms with van der Waals surface area (Å²) in [5, 5.41) is 2.06. The standard InChI is InChI=1S/C15H18N2OS/c1-12-6-2-3-9-14(12)16-17-15(18)10-4-7-13-8-5-11-19-13/h2-3,5-6,8-9,11,16H,4,7,10H2,1H3,(H,17,18). The van der Waals surface area contributed by atoms with Gasteiger partial charge in [0.2, 0.25) is 5.91 Å². The SMILES string of the molecule is Cc1ccccc1NNC(=O)CCCc1cccs1. The Morgan fingerprint density at radius 1 is 1.21 bits per heavy atom. The number of thiophene rings is 1. The van der Waals surface area contributed by atoms with Crippen LogP contribution in [0, 0.1) is 6.92 Å². The van der Waals surface area contributed by atoms with Crippen molar-refractivity contribution >= 4 is 22.9 Å². The first-order valence-electron chi connectivity index (χ1n) is 6.38. The molecule has 0 unspecified atom stereocenters. The number of anilines is 1. The third kappa shape index (κ3) is 4.41. The highest BCUT2D eigenvalue weighted by molar-refractivity contribution is 7.09. The molecule has 19 heavy (non-hydrogen) atoms. The monoisotopic (exact) mass is 274 g/mol. The molecule has 0 fully saturated rings. The molecule has 2 N–H and O–H groups in total. The molecule has 3 nitrogen and oxygen atoms in total. The second-order valence-corrected chi connectivity index (χ2v) is 5.45. The van der Waals surface area contributed by atoms with Gasteiger partial charge in [-0.3, -0.25) is 15.6 Å². The Kier molecular flexibility index (Phi) is 4.98. The highest BCUT2D eigenvalue weighted by Crippen LogP contribution is 2.13.